The molecule has 33 heavy (non-hydrogen) atoms. The number of nitrogens with zero attached hydrogens (tertiary/aromatic N) is 5. The van der Waals surface area contributed by atoms with E-state index in [-0.39, 0.29) is 11.8 Å². The highest BCUT2D eigenvalue weighted by molar-refractivity contribution is 6.03. The fraction of sp³-hybridized carbons (Fsp3) is 0.375. The molecule has 1 saturated carbocycles. The number of ether oxygens (including phenoxy) is 1. The molecule has 2 fully saturated rings. The molecule has 1 aliphatic heterocycles. The van der Waals surface area contributed by atoms with Crippen LogP contribution in [0.15, 0.2) is 36.8 Å². The smallest absolute Gasteiger partial charge is 0.228 e. The molecule has 0 radical (unpaired) electrons. The molecule has 6 rings (SSSR count). The van der Waals surface area contributed by atoms with Crippen molar-refractivity contribution in [3.63, 3.8) is 0 Å². The van der Waals surface area contributed by atoms with Crippen molar-refractivity contribution in [3.8, 4) is 11.4 Å². The van der Waals surface area contributed by atoms with Crippen LogP contribution < -0.4 is 10.6 Å². The molecule has 2 aliphatic rings. The first-order chi connectivity index (χ1) is 16.2. The van der Waals surface area contributed by atoms with Crippen LogP contribution in [0.25, 0.3) is 27.8 Å². The quantitative estimate of drug-likeness (QED) is 0.485. The largest absolute Gasteiger partial charge is 0.381 e. The number of aromatic nitrogens is 5. The van der Waals surface area contributed by atoms with Crippen LogP contribution in [0, 0.1) is 5.92 Å². The van der Waals surface area contributed by atoms with E-state index >= 15 is 0 Å². The summed E-state index contributed by atoms with van der Waals surface area (Å²) in [6.45, 7) is 1.60. The summed E-state index contributed by atoms with van der Waals surface area (Å²) in [5.41, 5.74) is 2.83. The van der Waals surface area contributed by atoms with E-state index in [9.17, 15) is 4.79 Å². The number of nitrogens with one attached hydrogen (secondary N) is 2. The number of amides is 1. The maximum Gasteiger partial charge on any atom is 0.228 e. The maximum atomic E-state index is 12.3. The topological polar surface area (TPSA) is 106 Å². The molecule has 4 aromatic rings. The Morgan fingerprint density at radius 3 is 2.73 bits per heavy atom. The number of hydrogen-bond donors (Lipinski definition) is 2. The molecule has 0 unspecified atom stereocenters. The van der Waals surface area contributed by atoms with Gasteiger partial charge >= 0.3 is 0 Å². The van der Waals surface area contributed by atoms with Crippen molar-refractivity contribution >= 4 is 34.0 Å². The van der Waals surface area contributed by atoms with Crippen molar-refractivity contribution in [3.05, 3.63) is 42.4 Å². The average Bonchev–Trinajstić information content (AvgIpc) is 3.62. The van der Waals surface area contributed by atoms with Crippen molar-refractivity contribution in [2.24, 2.45) is 5.92 Å². The van der Waals surface area contributed by atoms with Crippen LogP contribution in [0.5, 0.6) is 0 Å². The number of pyridine rings is 3. The van der Waals surface area contributed by atoms with E-state index in [1.165, 1.54) is 5.56 Å². The van der Waals surface area contributed by atoms with Crippen LogP contribution in [0.3, 0.4) is 0 Å². The van der Waals surface area contributed by atoms with Gasteiger partial charge in [-0.15, -0.1) is 5.10 Å². The van der Waals surface area contributed by atoms with Gasteiger partial charge in [-0.05, 0) is 49.3 Å². The molecule has 4 aromatic heterocycles. The summed E-state index contributed by atoms with van der Waals surface area (Å²) in [6.07, 6.45) is 9.51. The fourth-order valence-electron chi connectivity index (χ4n) is 4.44. The van der Waals surface area contributed by atoms with Crippen LogP contribution in [0.2, 0.25) is 0 Å². The minimum atomic E-state index is 0.0257. The molecule has 0 atom stereocenters. The second-order valence-electron chi connectivity index (χ2n) is 8.74. The van der Waals surface area contributed by atoms with E-state index in [2.05, 4.69) is 32.9 Å². The lowest BCUT2D eigenvalue weighted by Crippen LogP contribution is -2.14. The number of anilines is 2. The molecular weight excluding hydrogens is 418 g/mol. The van der Waals surface area contributed by atoms with E-state index in [1.54, 1.807) is 12.4 Å². The zero-order valence-corrected chi connectivity index (χ0v) is 18.4. The molecule has 0 spiro atoms. The molecule has 5 heterocycles. The summed E-state index contributed by atoms with van der Waals surface area (Å²) in [6, 6.07) is 6.04. The van der Waals surface area contributed by atoms with Gasteiger partial charge in [0.1, 0.15) is 11.6 Å². The summed E-state index contributed by atoms with van der Waals surface area (Å²) in [7, 11) is 1.82. The molecule has 9 nitrogen and oxygen atoms in total. The maximum absolute atomic E-state index is 12.3. The Bertz CT molecular complexity index is 1360. The van der Waals surface area contributed by atoms with Gasteiger partial charge in [0.05, 0.1) is 0 Å². The van der Waals surface area contributed by atoms with Gasteiger partial charge in [0.2, 0.25) is 5.91 Å². The van der Waals surface area contributed by atoms with Gasteiger partial charge in [0.25, 0.3) is 0 Å². The van der Waals surface area contributed by atoms with Crippen LogP contribution in [0.4, 0.5) is 11.6 Å². The van der Waals surface area contributed by atoms with Gasteiger partial charge in [-0.3, -0.25) is 4.79 Å². The van der Waals surface area contributed by atoms with Crippen LogP contribution in [-0.4, -0.2) is 50.7 Å². The molecule has 1 aliphatic carbocycles. The molecule has 0 bridgehead atoms. The van der Waals surface area contributed by atoms with E-state index in [4.69, 9.17) is 14.8 Å². The average molecular weight is 444 g/mol. The first-order valence-electron chi connectivity index (χ1n) is 11.4. The second-order valence-corrected chi connectivity index (χ2v) is 8.74. The van der Waals surface area contributed by atoms with Gasteiger partial charge in [0.15, 0.2) is 11.5 Å². The lowest BCUT2D eigenvalue weighted by Gasteiger charge is -2.22. The third-order valence-corrected chi connectivity index (χ3v) is 6.50. The van der Waals surface area contributed by atoms with Crippen LogP contribution >= 0.6 is 0 Å². The van der Waals surface area contributed by atoms with E-state index in [0.29, 0.717) is 23.4 Å². The van der Waals surface area contributed by atoms with Crippen molar-refractivity contribution in [2.45, 2.75) is 31.6 Å². The van der Waals surface area contributed by atoms with Crippen LogP contribution in [-0.2, 0) is 9.53 Å². The monoisotopic (exact) mass is 443 g/mol. The molecule has 2 N–H and O–H groups in total. The summed E-state index contributed by atoms with van der Waals surface area (Å²) < 4.78 is 7.34. The van der Waals surface area contributed by atoms with E-state index in [0.717, 1.165) is 60.9 Å². The predicted octanol–water partition coefficient (Wildman–Crippen LogP) is 3.62. The Hall–Kier alpha value is -3.59. The Morgan fingerprint density at radius 2 is 1.94 bits per heavy atom. The lowest BCUT2D eigenvalue weighted by atomic mass is 9.93. The predicted molar refractivity (Wildman–Crippen MR) is 125 cm³/mol. The molecule has 1 saturated heterocycles. The van der Waals surface area contributed by atoms with E-state index in [1.807, 2.05) is 23.7 Å². The Morgan fingerprint density at radius 1 is 1.09 bits per heavy atom. The molecule has 0 aromatic carbocycles. The van der Waals surface area contributed by atoms with Gasteiger partial charge in [0, 0.05) is 61.1 Å². The number of hydrogen-bond acceptors (Lipinski definition) is 7. The zero-order chi connectivity index (χ0) is 22.4. The van der Waals surface area contributed by atoms with Gasteiger partial charge in [-0.25, -0.2) is 19.5 Å². The zero-order valence-electron chi connectivity index (χ0n) is 18.4. The fourth-order valence-corrected chi connectivity index (χ4v) is 4.44. The molecule has 9 heteroatoms. The minimum absolute atomic E-state index is 0.0257. The highest BCUT2D eigenvalue weighted by Gasteiger charge is 2.30. The third-order valence-electron chi connectivity index (χ3n) is 6.50. The van der Waals surface area contributed by atoms with E-state index < -0.39 is 0 Å². The van der Waals surface area contributed by atoms with Gasteiger partial charge in [-0.1, -0.05) is 6.07 Å². The van der Waals surface area contributed by atoms with Crippen molar-refractivity contribution < 1.29 is 9.53 Å². The van der Waals surface area contributed by atoms with Gasteiger partial charge in [-0.2, -0.15) is 0 Å². The van der Waals surface area contributed by atoms with Crippen molar-refractivity contribution in [2.75, 3.05) is 30.9 Å². The summed E-state index contributed by atoms with van der Waals surface area (Å²) in [5, 5.41) is 12.6. The first-order valence-corrected chi connectivity index (χ1v) is 11.4. The highest BCUT2D eigenvalue weighted by atomic mass is 16.5. The number of carbonyl (C=O) groups is 1. The summed E-state index contributed by atoms with van der Waals surface area (Å²) >= 11 is 0. The standard InChI is InChI=1S/C24H25N7O2/c1-25-22-18-11-26-20(28-24(32)15-2-3-15)10-17(18)19(12-27-22)23-29-21-5-4-16(13-31(21)30-23)14-6-8-33-9-7-14/h4-5,10-15H,2-3,6-9H2,1H3,(H,25,27)(H,26,28,32). The number of carbonyl (C=O) groups excluding carboxylic acids is 1. The lowest BCUT2D eigenvalue weighted by molar-refractivity contribution is -0.117. The molecular formula is C24H25N7O2. The van der Waals surface area contributed by atoms with Gasteiger partial charge < -0.3 is 15.4 Å². The Labute approximate surface area is 190 Å². The molecule has 1 amide bonds. The summed E-state index contributed by atoms with van der Waals surface area (Å²) in [5.74, 6) is 2.45. The van der Waals surface area contributed by atoms with Crippen molar-refractivity contribution in [1.29, 1.82) is 0 Å². The minimum Gasteiger partial charge on any atom is -0.381 e. The Balaban J connectivity index is 1.41. The Kier molecular flexibility index (Phi) is 4.91. The highest BCUT2D eigenvalue weighted by Crippen LogP contribution is 2.34. The number of fused-ring (bicyclic) bond motifs is 2. The third kappa shape index (κ3) is 3.78. The first kappa shape index (κ1) is 20.0. The SMILES string of the molecule is CNc1ncc(-c2nc3ccc(C4CCOCC4)cn3n2)c2cc(NC(=O)C3CC3)ncc12. The van der Waals surface area contributed by atoms with Crippen LogP contribution in [0.1, 0.15) is 37.2 Å². The normalized spacial score (nSPS) is 16.9. The van der Waals surface area contributed by atoms with Crippen molar-refractivity contribution in [1.82, 2.24) is 24.6 Å². The number of rotatable bonds is 5. The molecule has 168 valence electrons. The summed E-state index contributed by atoms with van der Waals surface area (Å²) in [4.78, 5) is 26.0. The second kappa shape index (κ2) is 8.08.